The molecule has 0 amide bonds. The zero-order valence-electron chi connectivity index (χ0n) is 15.2. The normalized spacial score (nSPS) is 11.3. The Balaban J connectivity index is 2.36. The Labute approximate surface area is 160 Å². The number of primary sulfonamides is 1. The Morgan fingerprint density at radius 1 is 1.07 bits per heavy atom. The van der Waals surface area contributed by atoms with Crippen LogP contribution < -0.4 is 24.8 Å². The van der Waals surface area contributed by atoms with E-state index in [0.717, 1.165) is 12.1 Å². The van der Waals surface area contributed by atoms with E-state index in [1.54, 1.807) is 12.1 Å². The van der Waals surface area contributed by atoms with Gasteiger partial charge in [-0.25, -0.2) is 13.6 Å². The van der Waals surface area contributed by atoms with Crippen LogP contribution in [0.2, 0.25) is 0 Å². The van der Waals surface area contributed by atoms with E-state index in [2.05, 4.69) is 10.5 Å². The van der Waals surface area contributed by atoms with Crippen molar-refractivity contribution in [1.29, 1.82) is 0 Å². The highest BCUT2D eigenvalue weighted by atomic mass is 32.2. The van der Waals surface area contributed by atoms with Gasteiger partial charge in [0.2, 0.25) is 10.0 Å². The van der Waals surface area contributed by atoms with Gasteiger partial charge >= 0.3 is 0 Å². The molecule has 150 valence electrons. The van der Waals surface area contributed by atoms with E-state index < -0.39 is 20.6 Å². The summed E-state index contributed by atoms with van der Waals surface area (Å²) in [4.78, 5) is 10.1. The first-order valence-corrected chi connectivity index (χ1v) is 9.16. The standard InChI is InChI=1S/C16H18N4O7S/c1-25-14-8-16(27-3)15(26-2)6-10(14)9-18-19-12-5-4-11(28(17,23)24)7-13(12)20(21)22/h4-9,19H,1-3H3,(H2,17,23,24). The maximum atomic E-state index is 11.4. The van der Waals surface area contributed by atoms with E-state index in [-0.39, 0.29) is 10.6 Å². The molecule has 3 N–H and O–H groups in total. The van der Waals surface area contributed by atoms with E-state index in [4.69, 9.17) is 19.3 Å². The SMILES string of the molecule is COc1cc(OC)c(OC)cc1C=NNc1ccc(S(N)(=O)=O)cc1[N+](=O)[O-]. The first kappa shape index (κ1) is 20.9. The predicted molar refractivity (Wildman–Crippen MR) is 102 cm³/mol. The molecule has 0 unspecified atom stereocenters. The van der Waals surface area contributed by atoms with E-state index in [9.17, 15) is 18.5 Å². The van der Waals surface area contributed by atoms with Gasteiger partial charge in [-0.3, -0.25) is 15.5 Å². The van der Waals surface area contributed by atoms with Crippen LogP contribution in [0.3, 0.4) is 0 Å². The summed E-state index contributed by atoms with van der Waals surface area (Å²) in [6, 6.07) is 6.40. The molecule has 0 spiro atoms. The minimum Gasteiger partial charge on any atom is -0.496 e. The highest BCUT2D eigenvalue weighted by Crippen LogP contribution is 2.34. The monoisotopic (exact) mass is 410 g/mol. The van der Waals surface area contributed by atoms with E-state index in [1.807, 2.05) is 0 Å². The molecule has 0 aromatic heterocycles. The van der Waals surface area contributed by atoms with Gasteiger partial charge in [0.25, 0.3) is 5.69 Å². The molecule has 28 heavy (non-hydrogen) atoms. The number of hydrazone groups is 1. The Morgan fingerprint density at radius 2 is 1.68 bits per heavy atom. The summed E-state index contributed by atoms with van der Waals surface area (Å²) < 4.78 is 38.4. The second-order valence-corrected chi connectivity index (χ2v) is 6.86. The average molecular weight is 410 g/mol. The Hall–Kier alpha value is -3.38. The molecular formula is C16H18N4O7S. The number of nitro groups is 1. The van der Waals surface area contributed by atoms with Crippen molar-refractivity contribution in [1.82, 2.24) is 0 Å². The number of nitrogens with one attached hydrogen (secondary N) is 1. The number of methoxy groups -OCH3 is 3. The third-order valence-electron chi connectivity index (χ3n) is 3.62. The van der Waals surface area contributed by atoms with Crippen LogP contribution in [0.4, 0.5) is 11.4 Å². The van der Waals surface area contributed by atoms with Crippen LogP contribution in [0, 0.1) is 10.1 Å². The zero-order valence-corrected chi connectivity index (χ0v) is 16.0. The van der Waals surface area contributed by atoms with Crippen molar-refractivity contribution in [3.05, 3.63) is 46.0 Å². The van der Waals surface area contributed by atoms with Crippen LogP contribution in [0.5, 0.6) is 17.2 Å². The van der Waals surface area contributed by atoms with Crippen LogP contribution in [0.25, 0.3) is 0 Å². The molecule has 0 radical (unpaired) electrons. The molecule has 0 saturated heterocycles. The van der Waals surface area contributed by atoms with Crippen molar-refractivity contribution in [2.24, 2.45) is 10.2 Å². The van der Waals surface area contributed by atoms with Gasteiger partial charge in [0.05, 0.1) is 37.4 Å². The van der Waals surface area contributed by atoms with Crippen molar-refractivity contribution >= 4 is 27.6 Å². The molecule has 0 bridgehead atoms. The molecule has 2 aromatic carbocycles. The second kappa shape index (κ2) is 8.54. The van der Waals surface area contributed by atoms with E-state index in [1.165, 1.54) is 33.6 Å². The number of nitro benzene ring substituents is 1. The minimum absolute atomic E-state index is 0.0203. The van der Waals surface area contributed by atoms with Gasteiger partial charge in [0.1, 0.15) is 11.4 Å². The molecule has 2 rings (SSSR count). The number of ether oxygens (including phenoxy) is 3. The number of benzene rings is 2. The molecule has 2 aromatic rings. The lowest BCUT2D eigenvalue weighted by atomic mass is 10.2. The number of anilines is 1. The van der Waals surface area contributed by atoms with Crippen molar-refractivity contribution in [2.75, 3.05) is 26.8 Å². The van der Waals surface area contributed by atoms with Gasteiger partial charge in [0, 0.05) is 17.7 Å². The molecule has 0 aliphatic heterocycles. The fourth-order valence-electron chi connectivity index (χ4n) is 2.26. The topological polar surface area (TPSA) is 155 Å². The van der Waals surface area contributed by atoms with Gasteiger partial charge in [-0.1, -0.05) is 0 Å². The van der Waals surface area contributed by atoms with Crippen molar-refractivity contribution in [3.63, 3.8) is 0 Å². The highest BCUT2D eigenvalue weighted by molar-refractivity contribution is 7.89. The first-order chi connectivity index (χ1) is 13.2. The van der Waals surface area contributed by atoms with Gasteiger partial charge < -0.3 is 14.2 Å². The highest BCUT2D eigenvalue weighted by Gasteiger charge is 2.19. The summed E-state index contributed by atoms with van der Waals surface area (Å²) in [6.07, 6.45) is 1.36. The largest absolute Gasteiger partial charge is 0.496 e. The summed E-state index contributed by atoms with van der Waals surface area (Å²) >= 11 is 0. The number of hydrogen-bond acceptors (Lipinski definition) is 9. The summed E-state index contributed by atoms with van der Waals surface area (Å²) in [5, 5.41) is 20.2. The summed E-state index contributed by atoms with van der Waals surface area (Å²) in [5.74, 6) is 1.33. The number of rotatable bonds is 8. The molecule has 12 heteroatoms. The fourth-order valence-corrected chi connectivity index (χ4v) is 2.79. The third kappa shape index (κ3) is 4.66. The minimum atomic E-state index is -4.08. The molecular weight excluding hydrogens is 392 g/mol. The molecule has 0 aliphatic carbocycles. The maximum Gasteiger partial charge on any atom is 0.295 e. The second-order valence-electron chi connectivity index (χ2n) is 5.30. The Morgan fingerprint density at radius 3 is 2.21 bits per heavy atom. The first-order valence-electron chi connectivity index (χ1n) is 7.61. The van der Waals surface area contributed by atoms with Gasteiger partial charge in [0.15, 0.2) is 11.5 Å². The number of nitrogens with two attached hydrogens (primary N) is 1. The van der Waals surface area contributed by atoms with E-state index >= 15 is 0 Å². The van der Waals surface area contributed by atoms with Crippen LogP contribution in [0.1, 0.15) is 5.56 Å². The molecule has 0 saturated carbocycles. The van der Waals surface area contributed by atoms with Crippen molar-refractivity contribution in [3.8, 4) is 17.2 Å². The van der Waals surface area contributed by atoms with Gasteiger partial charge in [-0.15, -0.1) is 0 Å². The molecule has 0 atom stereocenters. The van der Waals surface area contributed by atoms with Crippen LogP contribution in [-0.2, 0) is 10.0 Å². The van der Waals surface area contributed by atoms with Crippen LogP contribution in [0.15, 0.2) is 40.3 Å². The number of nitrogens with zero attached hydrogens (tertiary/aromatic N) is 2. The quantitative estimate of drug-likeness (QED) is 0.378. The predicted octanol–water partition coefficient (Wildman–Crippen LogP) is 1.71. The van der Waals surface area contributed by atoms with E-state index in [0.29, 0.717) is 22.8 Å². The number of hydrogen-bond donors (Lipinski definition) is 2. The lowest BCUT2D eigenvalue weighted by molar-refractivity contribution is -0.384. The van der Waals surface area contributed by atoms with Gasteiger partial charge in [-0.2, -0.15) is 5.10 Å². The molecule has 0 fully saturated rings. The van der Waals surface area contributed by atoms with Crippen LogP contribution in [-0.4, -0.2) is 40.9 Å². The number of sulfonamides is 1. The Bertz CT molecular complexity index is 1020. The third-order valence-corrected chi connectivity index (χ3v) is 4.53. The molecule has 0 aliphatic rings. The van der Waals surface area contributed by atoms with Crippen molar-refractivity contribution in [2.45, 2.75) is 4.90 Å². The summed E-state index contributed by atoms with van der Waals surface area (Å²) in [6.45, 7) is 0. The van der Waals surface area contributed by atoms with Gasteiger partial charge in [-0.05, 0) is 18.2 Å². The molecule has 0 heterocycles. The van der Waals surface area contributed by atoms with Crippen molar-refractivity contribution < 1.29 is 27.6 Å². The Kier molecular flexibility index (Phi) is 6.38. The average Bonchev–Trinajstić information content (AvgIpc) is 2.66. The zero-order chi connectivity index (χ0) is 20.9. The summed E-state index contributed by atoms with van der Waals surface area (Å²) in [5.41, 5.74) is 2.50. The maximum absolute atomic E-state index is 11.4. The summed E-state index contributed by atoms with van der Waals surface area (Å²) in [7, 11) is 0.341. The smallest absolute Gasteiger partial charge is 0.295 e. The lowest BCUT2D eigenvalue weighted by Crippen LogP contribution is -2.12. The lowest BCUT2D eigenvalue weighted by Gasteiger charge is -2.11. The van der Waals surface area contributed by atoms with Crippen LogP contribution >= 0.6 is 0 Å². The molecule has 11 nitrogen and oxygen atoms in total. The fraction of sp³-hybridized carbons (Fsp3) is 0.188.